The molecule has 0 aromatic heterocycles. The topological polar surface area (TPSA) is 3.24 Å². The Bertz CT molecular complexity index is 118. The van der Waals surface area contributed by atoms with Gasteiger partial charge in [-0.15, -0.1) is 0 Å². The van der Waals surface area contributed by atoms with E-state index in [0.29, 0.717) is 0 Å². The van der Waals surface area contributed by atoms with E-state index in [1.165, 1.54) is 38.9 Å². The number of rotatable bonds is 10. The van der Waals surface area contributed by atoms with E-state index in [4.69, 9.17) is 0 Å². The third-order valence-corrected chi connectivity index (χ3v) is 13.4. The summed E-state index contributed by atoms with van der Waals surface area (Å²) in [5.41, 5.74) is 0. The van der Waals surface area contributed by atoms with Crippen LogP contribution in [0, 0.1) is 0 Å². The molecule has 0 unspecified atom stereocenters. The fourth-order valence-electron chi connectivity index (χ4n) is 2.27. The van der Waals surface area contributed by atoms with Gasteiger partial charge in [0.15, 0.2) is 0 Å². The van der Waals surface area contributed by atoms with Gasteiger partial charge in [0.1, 0.15) is 0 Å². The van der Waals surface area contributed by atoms with Gasteiger partial charge in [0.25, 0.3) is 0 Å². The summed E-state index contributed by atoms with van der Waals surface area (Å²) >= 11 is -0.976. The van der Waals surface area contributed by atoms with Gasteiger partial charge < -0.3 is 0 Å². The summed E-state index contributed by atoms with van der Waals surface area (Å²) in [5, 5.41) is 0. The molecule has 0 spiro atoms. The van der Waals surface area contributed by atoms with E-state index in [-0.39, 0.29) is 0 Å². The second-order valence-corrected chi connectivity index (χ2v) is 15.9. The predicted octanol–water partition coefficient (Wildman–Crippen LogP) is 4.03. The number of hydrogen-bond acceptors (Lipinski definition) is 1. The fraction of sp³-hybridized carbons (Fsp3) is 1.00. The van der Waals surface area contributed by atoms with Gasteiger partial charge in [0.2, 0.25) is 0 Å². The molecule has 2 heteroatoms. The first-order chi connectivity index (χ1) is 7.28. The first-order valence-electron chi connectivity index (χ1n) is 7.00. The van der Waals surface area contributed by atoms with Gasteiger partial charge >= 0.3 is 105 Å². The maximum absolute atomic E-state index is 2.66. The van der Waals surface area contributed by atoms with Crippen molar-refractivity contribution in [2.45, 2.75) is 59.5 Å². The van der Waals surface area contributed by atoms with Crippen molar-refractivity contribution in [3.05, 3.63) is 0 Å². The molecule has 0 aromatic carbocycles. The van der Waals surface area contributed by atoms with Gasteiger partial charge in [0.05, 0.1) is 0 Å². The number of nitrogens with zero attached hydrogens (tertiary/aromatic N) is 1. The molecule has 0 aliphatic carbocycles. The molecular weight excluding hydrogens is 285 g/mol. The van der Waals surface area contributed by atoms with Crippen LogP contribution in [0.4, 0.5) is 0 Å². The average molecular weight is 315 g/mol. The normalized spacial score (nSPS) is 11.0. The Hall–Kier alpha value is 0.830. The molecular formula is C13H30InN. The van der Waals surface area contributed by atoms with Crippen molar-refractivity contribution in [1.82, 2.24) is 4.90 Å². The average Bonchev–Trinajstić information content (AvgIpc) is 2.25. The van der Waals surface area contributed by atoms with Crippen molar-refractivity contribution >= 4 is 21.4 Å². The minimum absolute atomic E-state index is 0.976. The molecule has 90 valence electrons. The summed E-state index contributed by atoms with van der Waals surface area (Å²) in [4.78, 5) is 2.66. The molecule has 0 aliphatic rings. The van der Waals surface area contributed by atoms with E-state index >= 15 is 0 Å². The molecule has 0 rings (SSSR count). The Labute approximate surface area is 105 Å². The van der Waals surface area contributed by atoms with Crippen LogP contribution in [-0.4, -0.2) is 46.0 Å². The summed E-state index contributed by atoms with van der Waals surface area (Å²) < 4.78 is 4.78. The van der Waals surface area contributed by atoms with Crippen molar-refractivity contribution in [3.8, 4) is 0 Å². The molecule has 15 heavy (non-hydrogen) atoms. The van der Waals surface area contributed by atoms with Crippen LogP contribution in [0.25, 0.3) is 0 Å². The molecule has 0 amide bonds. The minimum atomic E-state index is -0.976. The Balaban J connectivity index is 3.59. The second-order valence-electron chi connectivity index (χ2n) is 4.67. The summed E-state index contributed by atoms with van der Waals surface area (Å²) in [6, 6.07) is 0. The zero-order chi connectivity index (χ0) is 11.5. The predicted molar refractivity (Wildman–Crippen MR) is 73.2 cm³/mol. The molecule has 0 aromatic rings. The summed E-state index contributed by atoms with van der Waals surface area (Å²) in [6.45, 7) is 13.4. The van der Waals surface area contributed by atoms with Crippen LogP contribution in [0.5, 0.6) is 0 Å². The van der Waals surface area contributed by atoms with Gasteiger partial charge in [-0.1, -0.05) is 0 Å². The molecule has 0 radical (unpaired) electrons. The zero-order valence-electron chi connectivity index (χ0n) is 11.4. The van der Waals surface area contributed by atoms with Crippen LogP contribution >= 0.6 is 0 Å². The Kier molecular flexibility index (Phi) is 11.9. The van der Waals surface area contributed by atoms with Crippen LogP contribution in [0.3, 0.4) is 0 Å². The third-order valence-electron chi connectivity index (χ3n) is 3.32. The Morgan fingerprint density at radius 3 is 1.73 bits per heavy atom. The van der Waals surface area contributed by atoms with Crippen molar-refractivity contribution in [2.75, 3.05) is 19.6 Å². The van der Waals surface area contributed by atoms with E-state index in [1.54, 1.807) is 12.5 Å². The van der Waals surface area contributed by atoms with Crippen LogP contribution in [0.1, 0.15) is 47.0 Å². The fourth-order valence-corrected chi connectivity index (χ4v) is 8.42. The van der Waals surface area contributed by atoms with Crippen molar-refractivity contribution < 1.29 is 0 Å². The summed E-state index contributed by atoms with van der Waals surface area (Å²) in [6.07, 6.45) is 4.12. The van der Waals surface area contributed by atoms with Crippen molar-refractivity contribution in [2.24, 2.45) is 0 Å². The molecule has 0 atom stereocenters. The Morgan fingerprint density at radius 2 is 1.33 bits per heavy atom. The van der Waals surface area contributed by atoms with E-state index in [9.17, 15) is 0 Å². The SMILES string of the molecule is CCCN(CCC)CC[CH2][In]([CH2]C)[CH2]C. The van der Waals surface area contributed by atoms with E-state index in [1.807, 2.05) is 0 Å². The molecule has 0 aliphatic heterocycles. The van der Waals surface area contributed by atoms with E-state index in [0.717, 1.165) is 0 Å². The molecule has 1 nitrogen and oxygen atoms in total. The van der Waals surface area contributed by atoms with Gasteiger partial charge in [-0.2, -0.15) is 0 Å². The first kappa shape index (κ1) is 15.8. The molecule has 0 N–H and O–H groups in total. The quantitative estimate of drug-likeness (QED) is 0.588. The molecule has 0 saturated carbocycles. The van der Waals surface area contributed by atoms with Crippen molar-refractivity contribution in [3.63, 3.8) is 0 Å². The monoisotopic (exact) mass is 315 g/mol. The molecule has 0 fully saturated rings. The van der Waals surface area contributed by atoms with Gasteiger partial charge in [0, 0.05) is 0 Å². The zero-order valence-corrected chi connectivity index (χ0v) is 14.7. The summed E-state index contributed by atoms with van der Waals surface area (Å²) in [7, 11) is 0. The number of hydrogen-bond donors (Lipinski definition) is 0. The molecule has 0 saturated heterocycles. The van der Waals surface area contributed by atoms with Crippen LogP contribution in [-0.2, 0) is 0 Å². The maximum atomic E-state index is 2.66. The summed E-state index contributed by atoms with van der Waals surface area (Å²) in [5.74, 6) is 0. The van der Waals surface area contributed by atoms with Gasteiger partial charge in [-0.25, -0.2) is 0 Å². The van der Waals surface area contributed by atoms with E-state index < -0.39 is 21.4 Å². The van der Waals surface area contributed by atoms with Crippen LogP contribution < -0.4 is 0 Å². The van der Waals surface area contributed by atoms with Crippen LogP contribution in [0.2, 0.25) is 12.5 Å². The van der Waals surface area contributed by atoms with E-state index in [2.05, 4.69) is 32.6 Å². The third kappa shape index (κ3) is 8.62. The Morgan fingerprint density at radius 1 is 0.800 bits per heavy atom. The van der Waals surface area contributed by atoms with Crippen molar-refractivity contribution in [1.29, 1.82) is 0 Å². The first-order valence-corrected chi connectivity index (χ1v) is 14.0. The molecule has 0 heterocycles. The second kappa shape index (κ2) is 11.3. The van der Waals surface area contributed by atoms with Gasteiger partial charge in [-0.05, 0) is 0 Å². The standard InChI is InChI=1S/C9H20N.2C2H5.In/c1-4-7-10(8-5-2)9-6-3;2*1-2;/h1,4-9H2,2-3H3;2*1H2,2H3;. The molecule has 0 bridgehead atoms. The van der Waals surface area contributed by atoms with Gasteiger partial charge in [-0.3, -0.25) is 0 Å². The van der Waals surface area contributed by atoms with Crippen LogP contribution in [0.15, 0.2) is 0 Å².